The highest BCUT2D eigenvalue weighted by atomic mass is 35.5. The molecule has 6 nitrogen and oxygen atoms in total. The second-order valence-electron chi connectivity index (χ2n) is 4.73. The second-order valence-corrected chi connectivity index (χ2v) is 5.91. The summed E-state index contributed by atoms with van der Waals surface area (Å²) in [6.07, 6.45) is 2.86. The van der Waals surface area contributed by atoms with Crippen LogP contribution in [0, 0.1) is 0 Å². The van der Waals surface area contributed by atoms with Gasteiger partial charge in [-0.15, -0.1) is 0 Å². The Kier molecular flexibility index (Phi) is 5.33. The molecule has 0 radical (unpaired) electrons. The number of halogens is 3. The maximum atomic E-state index is 12.1. The molecule has 1 N–H and O–H groups in total. The van der Waals surface area contributed by atoms with E-state index in [1.807, 2.05) is 0 Å². The van der Waals surface area contributed by atoms with E-state index >= 15 is 0 Å². The van der Waals surface area contributed by atoms with E-state index in [0.717, 1.165) is 0 Å². The molecular formula is C16H9Cl3N4O2. The first kappa shape index (κ1) is 17.4. The van der Waals surface area contributed by atoms with Gasteiger partial charge < -0.3 is 10.1 Å². The highest BCUT2D eigenvalue weighted by Gasteiger charge is 2.11. The van der Waals surface area contributed by atoms with Gasteiger partial charge in [0.2, 0.25) is 11.2 Å². The van der Waals surface area contributed by atoms with Gasteiger partial charge >= 0.3 is 0 Å². The van der Waals surface area contributed by atoms with Crippen LogP contribution in [0.4, 0.5) is 5.69 Å². The first-order valence-electron chi connectivity index (χ1n) is 6.90. The van der Waals surface area contributed by atoms with Crippen LogP contribution >= 0.6 is 34.8 Å². The number of nitrogens with zero attached hydrogens (tertiary/aromatic N) is 3. The van der Waals surface area contributed by atoms with Crippen molar-refractivity contribution in [2.75, 3.05) is 5.32 Å². The normalized spacial score (nSPS) is 10.4. The zero-order chi connectivity index (χ0) is 17.8. The standard InChI is InChI=1S/C16H9Cl3N4O2/c17-9-1-4-14(21-8-9)25-13-3-2-10(7-11(13)18)22-15(24)12-5-6-20-16(19)23-12/h1-8H,(H,22,24). The van der Waals surface area contributed by atoms with Gasteiger partial charge in [-0.1, -0.05) is 23.2 Å². The van der Waals surface area contributed by atoms with Crippen molar-refractivity contribution in [1.82, 2.24) is 15.0 Å². The van der Waals surface area contributed by atoms with Crippen molar-refractivity contribution < 1.29 is 9.53 Å². The summed E-state index contributed by atoms with van der Waals surface area (Å²) in [5.41, 5.74) is 0.614. The van der Waals surface area contributed by atoms with E-state index in [1.54, 1.807) is 30.3 Å². The average Bonchev–Trinajstić information content (AvgIpc) is 2.59. The third kappa shape index (κ3) is 4.57. The molecule has 0 fully saturated rings. The van der Waals surface area contributed by atoms with Gasteiger partial charge in [0, 0.05) is 24.1 Å². The Bertz CT molecular complexity index is 920. The van der Waals surface area contributed by atoms with E-state index in [0.29, 0.717) is 27.4 Å². The van der Waals surface area contributed by atoms with Gasteiger partial charge in [-0.3, -0.25) is 4.79 Å². The third-order valence-electron chi connectivity index (χ3n) is 2.96. The minimum Gasteiger partial charge on any atom is -0.437 e. The maximum Gasteiger partial charge on any atom is 0.274 e. The number of carbonyl (C=O) groups excluding carboxylic acids is 1. The molecule has 1 aromatic carbocycles. The van der Waals surface area contributed by atoms with Crippen LogP contribution in [0.2, 0.25) is 15.3 Å². The van der Waals surface area contributed by atoms with Crippen molar-refractivity contribution in [2.24, 2.45) is 0 Å². The second kappa shape index (κ2) is 7.65. The molecule has 3 aromatic rings. The van der Waals surface area contributed by atoms with Gasteiger partial charge in [0.25, 0.3) is 5.91 Å². The molecule has 9 heteroatoms. The number of anilines is 1. The van der Waals surface area contributed by atoms with Crippen LogP contribution in [-0.2, 0) is 0 Å². The predicted molar refractivity (Wildman–Crippen MR) is 95.8 cm³/mol. The van der Waals surface area contributed by atoms with Gasteiger partial charge in [-0.25, -0.2) is 15.0 Å². The van der Waals surface area contributed by atoms with Crippen LogP contribution in [0.5, 0.6) is 11.6 Å². The van der Waals surface area contributed by atoms with Crippen molar-refractivity contribution in [3.63, 3.8) is 0 Å². The van der Waals surface area contributed by atoms with E-state index in [1.165, 1.54) is 18.5 Å². The molecule has 0 saturated carbocycles. The molecule has 2 aromatic heterocycles. The molecular weight excluding hydrogens is 387 g/mol. The lowest BCUT2D eigenvalue weighted by molar-refractivity contribution is 0.102. The largest absolute Gasteiger partial charge is 0.437 e. The van der Waals surface area contributed by atoms with E-state index < -0.39 is 5.91 Å². The Hall–Kier alpha value is -2.41. The Balaban J connectivity index is 1.73. The fourth-order valence-electron chi connectivity index (χ4n) is 1.85. The van der Waals surface area contributed by atoms with Crippen molar-refractivity contribution in [3.8, 4) is 11.6 Å². The number of amides is 1. The van der Waals surface area contributed by atoms with Crippen LogP contribution in [0.15, 0.2) is 48.8 Å². The van der Waals surface area contributed by atoms with Crippen LogP contribution in [0.3, 0.4) is 0 Å². The lowest BCUT2D eigenvalue weighted by atomic mass is 10.3. The van der Waals surface area contributed by atoms with Gasteiger partial charge in [0.15, 0.2) is 0 Å². The van der Waals surface area contributed by atoms with Crippen LogP contribution in [-0.4, -0.2) is 20.9 Å². The Morgan fingerprint density at radius 1 is 1.04 bits per heavy atom. The quantitative estimate of drug-likeness (QED) is 0.637. The van der Waals surface area contributed by atoms with Gasteiger partial charge in [-0.05, 0) is 41.9 Å². The van der Waals surface area contributed by atoms with E-state index in [-0.39, 0.29) is 11.0 Å². The van der Waals surface area contributed by atoms with Crippen molar-refractivity contribution in [3.05, 3.63) is 69.8 Å². The highest BCUT2D eigenvalue weighted by molar-refractivity contribution is 6.32. The smallest absolute Gasteiger partial charge is 0.274 e. The number of benzene rings is 1. The lowest BCUT2D eigenvalue weighted by Gasteiger charge is -2.09. The number of aromatic nitrogens is 3. The van der Waals surface area contributed by atoms with E-state index in [4.69, 9.17) is 39.5 Å². The monoisotopic (exact) mass is 394 g/mol. The summed E-state index contributed by atoms with van der Waals surface area (Å²) < 4.78 is 5.57. The van der Waals surface area contributed by atoms with Crippen LogP contribution < -0.4 is 10.1 Å². The topological polar surface area (TPSA) is 77.0 Å². The fourth-order valence-corrected chi connectivity index (χ4v) is 2.33. The third-order valence-corrected chi connectivity index (χ3v) is 3.66. The zero-order valence-electron chi connectivity index (χ0n) is 12.4. The molecule has 0 spiro atoms. The molecule has 0 saturated heterocycles. The minimum absolute atomic E-state index is 0.00936. The van der Waals surface area contributed by atoms with Crippen LogP contribution in [0.1, 0.15) is 10.5 Å². The molecule has 0 unspecified atom stereocenters. The number of carbonyl (C=O) groups is 1. The van der Waals surface area contributed by atoms with Crippen molar-refractivity contribution in [2.45, 2.75) is 0 Å². The predicted octanol–water partition coefficient (Wildman–Crippen LogP) is 4.88. The van der Waals surface area contributed by atoms with Gasteiger partial charge in [0.1, 0.15) is 11.4 Å². The molecule has 2 heterocycles. The first-order chi connectivity index (χ1) is 12.0. The summed E-state index contributed by atoms with van der Waals surface area (Å²) in [5.74, 6) is 0.298. The molecule has 0 aliphatic rings. The molecule has 0 atom stereocenters. The molecule has 1 amide bonds. The number of hydrogen-bond acceptors (Lipinski definition) is 5. The number of nitrogens with one attached hydrogen (secondary N) is 1. The fraction of sp³-hybridized carbons (Fsp3) is 0. The lowest BCUT2D eigenvalue weighted by Crippen LogP contribution is -2.13. The number of pyridine rings is 1. The zero-order valence-corrected chi connectivity index (χ0v) is 14.7. The average molecular weight is 396 g/mol. The molecule has 3 rings (SSSR count). The summed E-state index contributed by atoms with van der Waals surface area (Å²) in [5, 5.41) is 3.46. The summed E-state index contributed by atoms with van der Waals surface area (Å²) in [6.45, 7) is 0. The number of hydrogen-bond donors (Lipinski definition) is 1. The molecule has 25 heavy (non-hydrogen) atoms. The Morgan fingerprint density at radius 2 is 1.88 bits per heavy atom. The van der Waals surface area contributed by atoms with E-state index in [2.05, 4.69) is 20.3 Å². The maximum absolute atomic E-state index is 12.1. The molecule has 0 bridgehead atoms. The number of ether oxygens (including phenoxy) is 1. The molecule has 0 aliphatic heterocycles. The van der Waals surface area contributed by atoms with Crippen LogP contribution in [0.25, 0.3) is 0 Å². The number of rotatable bonds is 4. The summed E-state index contributed by atoms with van der Waals surface area (Å²) in [7, 11) is 0. The molecule has 0 aliphatic carbocycles. The minimum atomic E-state index is -0.437. The summed E-state index contributed by atoms with van der Waals surface area (Å²) in [4.78, 5) is 23.7. The highest BCUT2D eigenvalue weighted by Crippen LogP contribution is 2.31. The summed E-state index contributed by atoms with van der Waals surface area (Å²) in [6, 6.07) is 9.52. The Morgan fingerprint density at radius 3 is 2.56 bits per heavy atom. The van der Waals surface area contributed by atoms with E-state index in [9.17, 15) is 4.79 Å². The van der Waals surface area contributed by atoms with Gasteiger partial charge in [-0.2, -0.15) is 0 Å². The van der Waals surface area contributed by atoms with Gasteiger partial charge in [0.05, 0.1) is 10.0 Å². The van der Waals surface area contributed by atoms with Crippen molar-refractivity contribution >= 4 is 46.4 Å². The Labute approximate surface area is 157 Å². The SMILES string of the molecule is O=C(Nc1ccc(Oc2ccc(Cl)cn2)c(Cl)c1)c1ccnc(Cl)n1. The molecule has 126 valence electrons. The first-order valence-corrected chi connectivity index (χ1v) is 8.03. The summed E-state index contributed by atoms with van der Waals surface area (Å²) >= 11 is 17.6. The van der Waals surface area contributed by atoms with Crippen molar-refractivity contribution in [1.29, 1.82) is 0 Å².